The molecule has 0 N–H and O–H groups in total. The van der Waals surface area contributed by atoms with Gasteiger partial charge in [-0.15, -0.1) is 0 Å². The summed E-state index contributed by atoms with van der Waals surface area (Å²) in [4.78, 5) is 21.7. The van der Waals surface area contributed by atoms with Gasteiger partial charge in [0.25, 0.3) is 0 Å². The van der Waals surface area contributed by atoms with E-state index >= 15 is 0 Å². The van der Waals surface area contributed by atoms with Crippen molar-refractivity contribution >= 4 is 23.7 Å². The van der Waals surface area contributed by atoms with Gasteiger partial charge in [-0.1, -0.05) is 18.5 Å². The van der Waals surface area contributed by atoms with E-state index < -0.39 is 0 Å². The molecule has 2 heterocycles. The smallest absolute Gasteiger partial charge is 0.156 e. The Bertz CT molecular complexity index is 453. The van der Waals surface area contributed by atoms with E-state index in [2.05, 4.69) is 21.8 Å². The normalized spacial score (nSPS) is 19.9. The largest absolute Gasteiger partial charge is 0.377 e. The predicted octanol–water partition coefficient (Wildman–Crippen LogP) is 1.87. The number of aryl methyl sites for hydroxylation is 1. The number of carbonyl (C=O) groups excluding carboxylic acids is 1. The molecule has 0 radical (unpaired) electrons. The third-order valence-corrected chi connectivity index (χ3v) is 3.37. The summed E-state index contributed by atoms with van der Waals surface area (Å²) >= 11 is 6.00. The maximum absolute atomic E-state index is 11.2. The molecule has 1 saturated heterocycles. The van der Waals surface area contributed by atoms with Crippen molar-refractivity contribution in [2.45, 2.75) is 26.3 Å². The lowest BCUT2D eigenvalue weighted by atomic mass is 10.1. The third kappa shape index (κ3) is 2.47. The number of ether oxygens (including phenoxy) is 1. The summed E-state index contributed by atoms with van der Waals surface area (Å²) in [5.41, 5.74) is 0.364. The van der Waals surface area contributed by atoms with Crippen molar-refractivity contribution in [3.63, 3.8) is 0 Å². The molecule has 1 atom stereocenters. The van der Waals surface area contributed by atoms with E-state index in [9.17, 15) is 4.79 Å². The molecule has 6 heteroatoms. The molecular formula is C12H16ClN3O2. The van der Waals surface area contributed by atoms with Crippen molar-refractivity contribution in [2.24, 2.45) is 0 Å². The molecule has 0 spiro atoms. The summed E-state index contributed by atoms with van der Waals surface area (Å²) in [6.07, 6.45) is 1.65. The molecule has 1 aliphatic rings. The molecule has 1 unspecified atom stereocenters. The van der Waals surface area contributed by atoms with Crippen LogP contribution in [-0.4, -0.2) is 42.1 Å². The zero-order chi connectivity index (χ0) is 13.1. The van der Waals surface area contributed by atoms with Crippen LogP contribution in [0.4, 0.5) is 5.82 Å². The van der Waals surface area contributed by atoms with Gasteiger partial charge in [0.1, 0.15) is 16.8 Å². The lowest BCUT2D eigenvalue weighted by molar-refractivity contribution is 0.0922. The number of aromatic nitrogens is 2. The quantitative estimate of drug-likeness (QED) is 0.619. The minimum atomic E-state index is 0.217. The number of anilines is 1. The summed E-state index contributed by atoms with van der Waals surface area (Å²) in [7, 11) is 0. The maximum atomic E-state index is 11.2. The Kier molecular flexibility index (Phi) is 4.14. The monoisotopic (exact) mass is 269 g/mol. The van der Waals surface area contributed by atoms with Crippen molar-refractivity contribution < 1.29 is 9.53 Å². The van der Waals surface area contributed by atoms with Crippen molar-refractivity contribution in [3.05, 3.63) is 16.5 Å². The fourth-order valence-electron chi connectivity index (χ4n) is 2.13. The second kappa shape index (κ2) is 5.63. The number of aldehydes is 1. The molecular weight excluding hydrogens is 254 g/mol. The van der Waals surface area contributed by atoms with Gasteiger partial charge in [-0.05, 0) is 13.3 Å². The molecule has 98 valence electrons. The number of rotatable bonds is 3. The van der Waals surface area contributed by atoms with Gasteiger partial charge in [-0.3, -0.25) is 4.79 Å². The first-order valence-corrected chi connectivity index (χ1v) is 6.38. The first kappa shape index (κ1) is 13.2. The minimum Gasteiger partial charge on any atom is -0.377 e. The number of halogens is 1. The van der Waals surface area contributed by atoms with Crippen LogP contribution in [0.3, 0.4) is 0 Å². The first-order valence-electron chi connectivity index (χ1n) is 6.01. The lowest BCUT2D eigenvalue weighted by Crippen LogP contribution is -2.46. The van der Waals surface area contributed by atoms with Gasteiger partial charge in [0.2, 0.25) is 0 Å². The highest BCUT2D eigenvalue weighted by Crippen LogP contribution is 2.26. The lowest BCUT2D eigenvalue weighted by Gasteiger charge is -2.36. The zero-order valence-corrected chi connectivity index (χ0v) is 11.3. The van der Waals surface area contributed by atoms with Gasteiger partial charge in [0, 0.05) is 6.54 Å². The van der Waals surface area contributed by atoms with E-state index in [1.165, 1.54) is 0 Å². The summed E-state index contributed by atoms with van der Waals surface area (Å²) in [6, 6.07) is 0.225. The van der Waals surface area contributed by atoms with E-state index in [-0.39, 0.29) is 11.2 Å². The summed E-state index contributed by atoms with van der Waals surface area (Å²) < 4.78 is 5.45. The Balaban J connectivity index is 2.44. The Hall–Kier alpha value is -1.20. The predicted molar refractivity (Wildman–Crippen MR) is 69.4 cm³/mol. The van der Waals surface area contributed by atoms with Crippen LogP contribution in [-0.2, 0) is 4.74 Å². The van der Waals surface area contributed by atoms with Crippen LogP contribution in [0, 0.1) is 6.92 Å². The number of hydrogen-bond donors (Lipinski definition) is 0. The van der Waals surface area contributed by atoms with Crippen molar-refractivity contribution in [1.82, 2.24) is 9.97 Å². The van der Waals surface area contributed by atoms with Gasteiger partial charge in [-0.2, -0.15) is 0 Å². The van der Waals surface area contributed by atoms with Crippen LogP contribution < -0.4 is 4.90 Å². The minimum absolute atomic E-state index is 0.217. The molecule has 0 saturated carbocycles. The van der Waals surface area contributed by atoms with Gasteiger partial charge in [0.05, 0.1) is 24.8 Å². The highest BCUT2D eigenvalue weighted by molar-refractivity contribution is 6.32. The second-order valence-corrected chi connectivity index (χ2v) is 4.61. The molecule has 0 amide bonds. The van der Waals surface area contributed by atoms with E-state index in [0.717, 1.165) is 12.7 Å². The fourth-order valence-corrected chi connectivity index (χ4v) is 2.38. The van der Waals surface area contributed by atoms with Crippen LogP contribution in [0.2, 0.25) is 5.15 Å². The standard InChI is InChI=1S/C12H16ClN3O2/c1-3-9-7-18-5-4-16(9)12-10(6-17)11(13)14-8(2)15-12/h6,9H,3-5,7H2,1-2H3. The molecule has 2 rings (SSSR count). The Morgan fingerprint density at radius 2 is 2.33 bits per heavy atom. The number of morpholine rings is 1. The van der Waals surface area contributed by atoms with Crippen LogP contribution >= 0.6 is 11.6 Å². The summed E-state index contributed by atoms with van der Waals surface area (Å²) in [6.45, 7) is 5.85. The molecule has 1 aromatic heterocycles. The molecule has 0 aliphatic carbocycles. The van der Waals surface area contributed by atoms with Gasteiger partial charge in [-0.25, -0.2) is 9.97 Å². The fraction of sp³-hybridized carbons (Fsp3) is 0.583. The number of nitrogens with zero attached hydrogens (tertiary/aromatic N) is 3. The van der Waals surface area contributed by atoms with Gasteiger partial charge >= 0.3 is 0 Å². The van der Waals surface area contributed by atoms with Crippen LogP contribution in [0.5, 0.6) is 0 Å². The van der Waals surface area contributed by atoms with E-state index in [4.69, 9.17) is 16.3 Å². The van der Waals surface area contributed by atoms with E-state index in [1.54, 1.807) is 6.92 Å². The Labute approximate surface area is 111 Å². The highest BCUT2D eigenvalue weighted by Gasteiger charge is 2.26. The van der Waals surface area contributed by atoms with Gasteiger partial charge in [0.15, 0.2) is 6.29 Å². The molecule has 18 heavy (non-hydrogen) atoms. The van der Waals surface area contributed by atoms with Crippen molar-refractivity contribution in [2.75, 3.05) is 24.7 Å². The van der Waals surface area contributed by atoms with Crippen molar-refractivity contribution in [1.29, 1.82) is 0 Å². The Morgan fingerprint density at radius 3 is 3.00 bits per heavy atom. The maximum Gasteiger partial charge on any atom is 0.156 e. The van der Waals surface area contributed by atoms with E-state index in [0.29, 0.717) is 37.0 Å². The van der Waals surface area contributed by atoms with Crippen LogP contribution in [0.15, 0.2) is 0 Å². The molecule has 0 aromatic carbocycles. The number of hydrogen-bond acceptors (Lipinski definition) is 5. The highest BCUT2D eigenvalue weighted by atomic mass is 35.5. The molecule has 1 fully saturated rings. The SMILES string of the molecule is CCC1COCCN1c1nc(C)nc(Cl)c1C=O. The average molecular weight is 270 g/mol. The summed E-state index contributed by atoms with van der Waals surface area (Å²) in [5.74, 6) is 1.19. The number of carbonyl (C=O) groups is 1. The van der Waals surface area contributed by atoms with Crippen molar-refractivity contribution in [3.8, 4) is 0 Å². The zero-order valence-electron chi connectivity index (χ0n) is 10.5. The average Bonchev–Trinajstić information content (AvgIpc) is 2.38. The summed E-state index contributed by atoms with van der Waals surface area (Å²) in [5, 5.41) is 0.217. The van der Waals surface area contributed by atoms with Crippen LogP contribution in [0.1, 0.15) is 29.5 Å². The molecule has 5 nitrogen and oxygen atoms in total. The molecule has 0 bridgehead atoms. The molecule has 1 aliphatic heterocycles. The molecule has 1 aromatic rings. The third-order valence-electron chi connectivity index (χ3n) is 3.08. The first-order chi connectivity index (χ1) is 8.67. The second-order valence-electron chi connectivity index (χ2n) is 4.25. The van der Waals surface area contributed by atoms with Gasteiger partial charge < -0.3 is 9.64 Å². The topological polar surface area (TPSA) is 55.3 Å². The van der Waals surface area contributed by atoms with E-state index in [1.807, 2.05) is 0 Å². The Morgan fingerprint density at radius 1 is 1.56 bits per heavy atom. The van der Waals surface area contributed by atoms with Crippen LogP contribution in [0.25, 0.3) is 0 Å².